The molecule has 1 fully saturated rings. The van der Waals surface area contributed by atoms with E-state index in [-0.39, 0.29) is 50.1 Å². The fourth-order valence-electron chi connectivity index (χ4n) is 9.25. The lowest BCUT2D eigenvalue weighted by Crippen LogP contribution is -2.58. The number of nitrogens with one attached hydrogen (secondary N) is 3. The highest BCUT2D eigenvalue weighted by atomic mass is 35.5. The van der Waals surface area contributed by atoms with E-state index in [1.54, 1.807) is 28.7 Å². The van der Waals surface area contributed by atoms with E-state index in [2.05, 4.69) is 45.0 Å². The van der Waals surface area contributed by atoms with Crippen LogP contribution in [0.25, 0.3) is 26.4 Å². The number of hydrogen-bond donors (Lipinski definition) is 4. The van der Waals surface area contributed by atoms with E-state index in [9.17, 15) is 24.3 Å². The van der Waals surface area contributed by atoms with Crippen LogP contribution in [0.5, 0.6) is 0 Å². The largest absolute Gasteiger partial charge is 0.461 e. The monoisotopic (exact) mass is 1010 g/mol. The van der Waals surface area contributed by atoms with Crippen molar-refractivity contribution in [2.45, 2.75) is 105 Å². The number of aryl methyl sites for hydroxylation is 3. The number of thiophene rings is 1. The lowest BCUT2D eigenvalue weighted by Gasteiger charge is -2.35. The molecule has 7 aromatic rings. The van der Waals surface area contributed by atoms with Gasteiger partial charge in [0.2, 0.25) is 23.6 Å². The van der Waals surface area contributed by atoms with Crippen molar-refractivity contribution in [1.29, 1.82) is 0 Å². The van der Waals surface area contributed by atoms with Gasteiger partial charge in [-0.15, -0.1) is 32.9 Å². The molecule has 1 unspecified atom stereocenters. The second kappa shape index (κ2) is 20.3. The van der Waals surface area contributed by atoms with Gasteiger partial charge in [-0.25, -0.2) is 4.98 Å². The summed E-state index contributed by atoms with van der Waals surface area (Å²) in [6, 6.07) is 20.4. The van der Waals surface area contributed by atoms with Gasteiger partial charge in [0.1, 0.15) is 40.3 Å². The van der Waals surface area contributed by atoms with Crippen LogP contribution in [-0.4, -0.2) is 90.4 Å². The zero-order valence-corrected chi connectivity index (χ0v) is 43.0. The number of amides is 4. The molecule has 2 aliphatic rings. The average Bonchev–Trinajstić information content (AvgIpc) is 4.16. The fourth-order valence-corrected chi connectivity index (χ4v) is 11.4. The molecule has 4 atom stereocenters. The summed E-state index contributed by atoms with van der Waals surface area (Å²) in [5.41, 5.74) is 9.03. The molecule has 4 aromatic heterocycles. The highest BCUT2D eigenvalue weighted by molar-refractivity contribution is 7.15. The quantitative estimate of drug-likeness (QED) is 0.0833. The molecule has 3 aromatic carbocycles. The number of carbonyl (C=O) groups is 4. The number of fused-ring (bicyclic) bond motifs is 4. The Kier molecular flexibility index (Phi) is 14.1. The predicted octanol–water partition coefficient (Wildman–Crippen LogP) is 8.08. The molecule has 4 N–H and O–H groups in total. The van der Waals surface area contributed by atoms with E-state index in [0.717, 1.165) is 59.4 Å². The maximum Gasteiger partial charge on any atom is 0.246 e. The molecule has 71 heavy (non-hydrogen) atoms. The number of furan rings is 1. The number of aliphatic imine (C=N–C) groups is 1. The highest BCUT2D eigenvalue weighted by Gasteiger charge is 2.44. The van der Waals surface area contributed by atoms with Gasteiger partial charge in [0.05, 0.1) is 40.7 Å². The highest BCUT2D eigenvalue weighted by Crippen LogP contribution is 2.40. The molecule has 18 heteroatoms. The van der Waals surface area contributed by atoms with Crippen LogP contribution < -0.4 is 16.0 Å². The Morgan fingerprint density at radius 1 is 0.915 bits per heavy atom. The third kappa shape index (κ3) is 10.6. The van der Waals surface area contributed by atoms with Gasteiger partial charge in [0, 0.05) is 58.9 Å². The first-order valence-electron chi connectivity index (χ1n) is 23.6. The Hall–Kier alpha value is -6.53. The topological polar surface area (TPSA) is 197 Å². The maximum atomic E-state index is 14.3. The number of aromatic nitrogens is 4. The van der Waals surface area contributed by atoms with Gasteiger partial charge in [-0.2, -0.15) is 0 Å². The molecule has 9 rings (SSSR count). The Balaban J connectivity index is 0.808. The van der Waals surface area contributed by atoms with Crippen LogP contribution in [0, 0.1) is 33.1 Å². The van der Waals surface area contributed by atoms with Crippen LogP contribution in [-0.2, 0) is 38.6 Å². The number of likely N-dealkylation sites (tertiary alicyclic amines) is 1. The minimum absolute atomic E-state index is 0.0236. The number of thiazole rings is 1. The van der Waals surface area contributed by atoms with E-state index in [1.807, 2.05) is 111 Å². The second-order valence-corrected chi connectivity index (χ2v) is 21.9. The summed E-state index contributed by atoms with van der Waals surface area (Å²) in [6.07, 6.45) is -0.351. The number of aliphatic hydroxyl groups is 1. The summed E-state index contributed by atoms with van der Waals surface area (Å²) in [5, 5.41) is 31.0. The Bertz CT molecular complexity index is 3180. The van der Waals surface area contributed by atoms with Crippen molar-refractivity contribution in [2.75, 3.05) is 13.1 Å². The van der Waals surface area contributed by atoms with Crippen molar-refractivity contribution >= 4 is 74.6 Å². The van der Waals surface area contributed by atoms with E-state index >= 15 is 0 Å². The number of aliphatic hydroxyl groups excluding tert-OH is 1. The van der Waals surface area contributed by atoms with E-state index in [4.69, 9.17) is 21.0 Å². The molecular weight excluding hydrogens is 958 g/mol. The Morgan fingerprint density at radius 2 is 1.65 bits per heavy atom. The molecule has 0 bridgehead atoms. The molecule has 0 radical (unpaired) electrons. The summed E-state index contributed by atoms with van der Waals surface area (Å²) in [5.74, 6) is 0.593. The standard InChI is InChI=1S/C53H56ClN9O6S2/c1-28-30(3)71-52-45(28)46(34-14-16-37(54)17-15-34)58-40(49-61-60-31(4)63(49)52)24-43(65)55-19-18-39-22-36-13-10-33(20-42(36)69-39)21-44(66)59-48(53(5,6)7)51(68)62-26-38(64)23-41(62)50(67)56-25-32-8-11-35(12-9-32)47-29(2)57-27-70-47/h8-17,20,22,27,38,40-41,48,64H,18-19,21,23-26H2,1-7H3,(H,55,65)(H,56,67)(H,59,66)/t38-,40?,41+,48-/m1/s1. The summed E-state index contributed by atoms with van der Waals surface area (Å²) >= 11 is 9.49. The van der Waals surface area contributed by atoms with E-state index in [1.165, 1.54) is 4.90 Å². The summed E-state index contributed by atoms with van der Waals surface area (Å²) in [7, 11) is 0. The number of nitrogens with zero attached hydrogens (tertiary/aromatic N) is 6. The van der Waals surface area contributed by atoms with Crippen molar-refractivity contribution in [3.63, 3.8) is 0 Å². The molecule has 2 aliphatic heterocycles. The van der Waals surface area contributed by atoms with Gasteiger partial charge in [-0.1, -0.05) is 80.9 Å². The van der Waals surface area contributed by atoms with Gasteiger partial charge in [-0.05, 0) is 79.6 Å². The van der Waals surface area contributed by atoms with Crippen LogP contribution in [0.3, 0.4) is 0 Å². The molecule has 15 nitrogen and oxygen atoms in total. The Labute approximate surface area is 424 Å². The van der Waals surface area contributed by atoms with Gasteiger partial charge >= 0.3 is 0 Å². The smallest absolute Gasteiger partial charge is 0.246 e. The number of halogens is 1. The van der Waals surface area contributed by atoms with Crippen LogP contribution >= 0.6 is 34.3 Å². The van der Waals surface area contributed by atoms with E-state index in [0.29, 0.717) is 46.5 Å². The van der Waals surface area contributed by atoms with Gasteiger partial charge in [0.15, 0.2) is 5.82 Å². The van der Waals surface area contributed by atoms with Gasteiger partial charge < -0.3 is 30.4 Å². The molecule has 4 amide bonds. The molecular formula is C53H56ClN9O6S2. The number of rotatable bonds is 14. The fraction of sp³-hybridized carbons (Fsp3) is 0.358. The first-order valence-corrected chi connectivity index (χ1v) is 25.7. The number of carbonyl (C=O) groups excluding carboxylic acids is 4. The van der Waals surface area contributed by atoms with Crippen molar-refractivity contribution in [3.8, 4) is 15.4 Å². The van der Waals surface area contributed by atoms with Crippen molar-refractivity contribution in [2.24, 2.45) is 10.4 Å². The molecule has 6 heterocycles. The first-order chi connectivity index (χ1) is 33.9. The normalized spacial score (nSPS) is 17.1. The summed E-state index contributed by atoms with van der Waals surface area (Å²) in [4.78, 5) is 68.3. The molecule has 0 saturated carbocycles. The number of benzene rings is 3. The van der Waals surface area contributed by atoms with Crippen LogP contribution in [0.4, 0.5) is 0 Å². The van der Waals surface area contributed by atoms with E-state index < -0.39 is 35.6 Å². The number of hydrogen-bond acceptors (Lipinski definition) is 12. The van der Waals surface area contributed by atoms with Crippen molar-refractivity contribution in [3.05, 3.63) is 139 Å². The van der Waals surface area contributed by atoms with Gasteiger partial charge in [-0.3, -0.25) is 28.7 Å². The number of β-amino-alcohol motifs (C(OH)–C–C–N with tert-alkyl or cyclic N) is 1. The average molecular weight is 1010 g/mol. The third-order valence-corrected chi connectivity index (χ3v) is 15.6. The van der Waals surface area contributed by atoms with Crippen LogP contribution in [0.2, 0.25) is 5.02 Å². The zero-order chi connectivity index (χ0) is 50.3. The van der Waals surface area contributed by atoms with Crippen molar-refractivity contribution in [1.82, 2.24) is 40.6 Å². The first kappa shape index (κ1) is 49.5. The minimum atomic E-state index is -0.975. The zero-order valence-electron chi connectivity index (χ0n) is 40.6. The summed E-state index contributed by atoms with van der Waals surface area (Å²) in [6.45, 7) is 14.1. The lowest BCUT2D eigenvalue weighted by molar-refractivity contribution is -0.144. The van der Waals surface area contributed by atoms with Gasteiger partial charge in [0.25, 0.3) is 0 Å². The van der Waals surface area contributed by atoms with Crippen molar-refractivity contribution < 1.29 is 28.7 Å². The van der Waals surface area contributed by atoms with Crippen LogP contribution in [0.1, 0.15) is 95.5 Å². The predicted molar refractivity (Wildman–Crippen MR) is 276 cm³/mol. The lowest BCUT2D eigenvalue weighted by atomic mass is 9.85. The second-order valence-electron chi connectivity index (χ2n) is 19.4. The molecule has 1 saturated heterocycles. The van der Waals surface area contributed by atoms with Crippen LogP contribution in [0.15, 0.2) is 87.7 Å². The minimum Gasteiger partial charge on any atom is -0.461 e. The SMILES string of the molecule is Cc1ncsc1-c1ccc(CNC(=O)[C@@H]2C[C@@H](O)CN2C(=O)[C@@H](NC(=O)Cc2ccc3cc(CCNC(=O)CC4N=C(c5ccc(Cl)cc5)c5c(sc(C)c5C)-n5c(C)nnc54)oc3c2)C(C)(C)C)cc1. The maximum absolute atomic E-state index is 14.3. The molecule has 0 spiro atoms. The Morgan fingerprint density at radius 3 is 2.37 bits per heavy atom. The summed E-state index contributed by atoms with van der Waals surface area (Å²) < 4.78 is 8.23. The molecule has 368 valence electrons. The third-order valence-electron chi connectivity index (χ3n) is 13.1. The molecule has 0 aliphatic carbocycles.